The molecule has 3 nitrogen and oxygen atoms in total. The number of ether oxygens (including phenoxy) is 1. The molecule has 0 amide bonds. The minimum Gasteiger partial charge on any atom is -0.362 e. The molecular formula is C24H29FN2O. The predicted octanol–water partition coefficient (Wildman–Crippen LogP) is 5.04. The van der Waals surface area contributed by atoms with Gasteiger partial charge in [0.25, 0.3) is 0 Å². The van der Waals surface area contributed by atoms with Crippen molar-refractivity contribution in [3.05, 3.63) is 89.4 Å². The van der Waals surface area contributed by atoms with E-state index in [0.717, 1.165) is 41.8 Å². The third-order valence-corrected chi connectivity index (χ3v) is 5.23. The molecule has 0 saturated heterocycles. The minimum atomic E-state index is -0.532. The molecule has 3 rings (SSSR count). The normalized spacial score (nSPS) is 18.6. The third kappa shape index (κ3) is 4.18. The van der Waals surface area contributed by atoms with Crippen LogP contribution in [-0.2, 0) is 16.9 Å². The topological polar surface area (TPSA) is 24.5 Å². The summed E-state index contributed by atoms with van der Waals surface area (Å²) in [5.41, 5.74) is 4.70. The van der Waals surface area contributed by atoms with Gasteiger partial charge >= 0.3 is 0 Å². The number of hydrogen-bond acceptors (Lipinski definition) is 3. The van der Waals surface area contributed by atoms with Crippen molar-refractivity contribution in [3.8, 4) is 0 Å². The van der Waals surface area contributed by atoms with Gasteiger partial charge in [0.15, 0.2) is 0 Å². The monoisotopic (exact) mass is 380 g/mol. The molecular weight excluding hydrogens is 351 g/mol. The van der Waals surface area contributed by atoms with Crippen molar-refractivity contribution < 1.29 is 9.13 Å². The highest BCUT2D eigenvalue weighted by Gasteiger charge is 2.41. The highest BCUT2D eigenvalue weighted by molar-refractivity contribution is 5.64. The number of hydrogen-bond donors (Lipinski definition) is 1. The Hall–Kier alpha value is -2.43. The second-order valence-corrected chi connectivity index (χ2v) is 7.52. The van der Waals surface area contributed by atoms with Crippen LogP contribution in [0.2, 0.25) is 0 Å². The summed E-state index contributed by atoms with van der Waals surface area (Å²) in [6.45, 7) is 7.59. The van der Waals surface area contributed by atoms with Crippen molar-refractivity contribution in [1.29, 1.82) is 0 Å². The van der Waals surface area contributed by atoms with Gasteiger partial charge in [0, 0.05) is 5.70 Å². The Morgan fingerprint density at radius 1 is 1.25 bits per heavy atom. The molecule has 4 heteroatoms. The lowest BCUT2D eigenvalue weighted by atomic mass is 9.81. The number of nitrogens with one attached hydrogen (secondary N) is 1. The molecule has 1 aliphatic rings. The van der Waals surface area contributed by atoms with Gasteiger partial charge in [-0.1, -0.05) is 36.9 Å². The van der Waals surface area contributed by atoms with Gasteiger partial charge in [-0.25, -0.2) is 4.39 Å². The lowest BCUT2D eigenvalue weighted by molar-refractivity contribution is -0.0140. The van der Waals surface area contributed by atoms with E-state index in [0.29, 0.717) is 6.61 Å². The molecule has 2 aromatic carbocycles. The molecule has 1 N–H and O–H groups in total. The first kappa shape index (κ1) is 20.3. The molecule has 0 fully saturated rings. The van der Waals surface area contributed by atoms with E-state index in [9.17, 15) is 4.39 Å². The van der Waals surface area contributed by atoms with E-state index in [1.54, 1.807) is 0 Å². The van der Waals surface area contributed by atoms with Crippen molar-refractivity contribution in [1.82, 2.24) is 10.2 Å². The summed E-state index contributed by atoms with van der Waals surface area (Å²) in [7, 11) is 4.15. The minimum absolute atomic E-state index is 0.230. The maximum Gasteiger partial charge on any atom is 0.123 e. The van der Waals surface area contributed by atoms with Crippen molar-refractivity contribution >= 4 is 5.70 Å². The van der Waals surface area contributed by atoms with Crippen molar-refractivity contribution in [2.75, 3.05) is 20.6 Å². The fourth-order valence-corrected chi connectivity index (χ4v) is 3.79. The zero-order valence-corrected chi connectivity index (χ0v) is 17.0. The SMILES string of the molecule is C=C(N/C=C\C)c1ccc2c(c1)COC2(CCCN(C)C)c1ccc(F)cc1. The molecule has 1 heterocycles. The maximum absolute atomic E-state index is 13.5. The van der Waals surface area contributed by atoms with Crippen LogP contribution < -0.4 is 5.32 Å². The van der Waals surface area contributed by atoms with Crippen molar-refractivity contribution in [2.45, 2.75) is 32.0 Å². The Kier molecular flexibility index (Phi) is 6.32. The molecule has 1 unspecified atom stereocenters. The van der Waals surface area contributed by atoms with Crippen molar-refractivity contribution in [2.24, 2.45) is 0 Å². The van der Waals surface area contributed by atoms with Gasteiger partial charge in [-0.05, 0) is 87.1 Å². The first-order valence-corrected chi connectivity index (χ1v) is 9.71. The zero-order valence-electron chi connectivity index (χ0n) is 17.0. The Bertz CT molecular complexity index is 857. The number of benzene rings is 2. The van der Waals surface area contributed by atoms with E-state index >= 15 is 0 Å². The van der Waals surface area contributed by atoms with Gasteiger partial charge < -0.3 is 15.0 Å². The van der Waals surface area contributed by atoms with Gasteiger partial charge in [0.2, 0.25) is 0 Å². The molecule has 28 heavy (non-hydrogen) atoms. The summed E-state index contributed by atoms with van der Waals surface area (Å²) >= 11 is 0. The summed E-state index contributed by atoms with van der Waals surface area (Å²) in [6.07, 6.45) is 5.64. The highest BCUT2D eigenvalue weighted by Crippen LogP contribution is 2.45. The second kappa shape index (κ2) is 8.72. The van der Waals surface area contributed by atoms with Crippen LogP contribution in [0.25, 0.3) is 5.70 Å². The Balaban J connectivity index is 1.96. The molecule has 0 bridgehead atoms. The van der Waals surface area contributed by atoms with Crippen LogP contribution >= 0.6 is 0 Å². The van der Waals surface area contributed by atoms with E-state index < -0.39 is 5.60 Å². The third-order valence-electron chi connectivity index (χ3n) is 5.23. The molecule has 0 spiro atoms. The van der Waals surface area contributed by atoms with Crippen LogP contribution in [-0.4, -0.2) is 25.5 Å². The van der Waals surface area contributed by atoms with E-state index in [-0.39, 0.29) is 5.82 Å². The van der Waals surface area contributed by atoms with E-state index in [1.165, 1.54) is 17.7 Å². The molecule has 148 valence electrons. The zero-order chi connectivity index (χ0) is 20.1. The van der Waals surface area contributed by atoms with Gasteiger partial charge in [-0.15, -0.1) is 0 Å². The molecule has 1 atom stereocenters. The van der Waals surface area contributed by atoms with E-state index in [2.05, 4.69) is 49.1 Å². The quantitative estimate of drug-likeness (QED) is 0.695. The van der Waals surface area contributed by atoms with Gasteiger partial charge in [0.1, 0.15) is 11.4 Å². The van der Waals surface area contributed by atoms with Crippen LogP contribution in [0.15, 0.2) is 61.3 Å². The molecule has 2 aromatic rings. The summed E-state index contributed by atoms with van der Waals surface area (Å²) in [4.78, 5) is 2.17. The lowest BCUT2D eigenvalue weighted by Crippen LogP contribution is -2.28. The number of halogens is 1. The average Bonchev–Trinajstić information content (AvgIpc) is 3.05. The first-order valence-electron chi connectivity index (χ1n) is 9.71. The van der Waals surface area contributed by atoms with Gasteiger partial charge in [-0.2, -0.15) is 0 Å². The van der Waals surface area contributed by atoms with Gasteiger partial charge in [0.05, 0.1) is 6.61 Å². The van der Waals surface area contributed by atoms with Crippen LogP contribution in [0.5, 0.6) is 0 Å². The van der Waals surface area contributed by atoms with Crippen LogP contribution in [0.1, 0.15) is 42.0 Å². The maximum atomic E-state index is 13.5. The Morgan fingerprint density at radius 2 is 2.00 bits per heavy atom. The molecule has 1 aliphatic heterocycles. The summed E-state index contributed by atoms with van der Waals surface area (Å²) in [6, 6.07) is 13.1. The highest BCUT2D eigenvalue weighted by atomic mass is 19.1. The number of rotatable bonds is 8. The molecule has 0 saturated carbocycles. The van der Waals surface area contributed by atoms with Crippen LogP contribution in [0.4, 0.5) is 4.39 Å². The fraction of sp³-hybridized carbons (Fsp3) is 0.333. The van der Waals surface area contributed by atoms with E-state index in [4.69, 9.17) is 4.74 Å². The fourth-order valence-electron chi connectivity index (χ4n) is 3.79. The largest absolute Gasteiger partial charge is 0.362 e. The smallest absolute Gasteiger partial charge is 0.123 e. The van der Waals surface area contributed by atoms with Crippen molar-refractivity contribution in [3.63, 3.8) is 0 Å². The van der Waals surface area contributed by atoms with Gasteiger partial charge in [-0.3, -0.25) is 0 Å². The van der Waals surface area contributed by atoms with Crippen LogP contribution in [0, 0.1) is 5.82 Å². The van der Waals surface area contributed by atoms with Crippen LogP contribution in [0.3, 0.4) is 0 Å². The predicted molar refractivity (Wildman–Crippen MR) is 113 cm³/mol. The standard InChI is InChI=1S/C24H29FN2O/c1-5-14-26-18(2)19-7-12-23-20(16-19)17-28-24(23,13-6-15-27(3)4)21-8-10-22(25)11-9-21/h5,7-12,14,16,26H,2,6,13,15,17H2,1,3-4H3/b14-5-. The van der Waals surface area contributed by atoms with E-state index in [1.807, 2.05) is 31.3 Å². The Morgan fingerprint density at radius 3 is 2.68 bits per heavy atom. The lowest BCUT2D eigenvalue weighted by Gasteiger charge is -2.31. The summed E-state index contributed by atoms with van der Waals surface area (Å²) in [5.74, 6) is -0.230. The summed E-state index contributed by atoms with van der Waals surface area (Å²) < 4.78 is 20.0. The first-order chi connectivity index (χ1) is 13.5. The number of fused-ring (bicyclic) bond motifs is 1. The Labute approximate surface area is 167 Å². The summed E-state index contributed by atoms with van der Waals surface area (Å²) in [5, 5.41) is 3.18. The second-order valence-electron chi connectivity index (χ2n) is 7.52. The average molecular weight is 381 g/mol. The number of allylic oxidation sites excluding steroid dienone is 1. The molecule has 0 radical (unpaired) electrons. The molecule has 0 aliphatic carbocycles. The molecule has 0 aromatic heterocycles. The number of nitrogens with zero attached hydrogens (tertiary/aromatic N) is 1.